The average molecular weight is 240 g/mol. The molecule has 0 N–H and O–H groups in total. The number of fused-ring (bicyclic) bond motifs is 1. The third kappa shape index (κ3) is 2.47. The fourth-order valence-electron chi connectivity index (χ4n) is 1.56. The predicted octanol–water partition coefficient (Wildman–Crippen LogP) is 3.40. The maximum Gasteiger partial charge on any atom is 0.195 e. The van der Waals surface area contributed by atoms with Gasteiger partial charge in [0.25, 0.3) is 0 Å². The number of rotatable bonds is 5. The molecule has 1 aromatic heterocycles. The number of methoxy groups -OCH3 is 1. The smallest absolute Gasteiger partial charge is 0.195 e. The van der Waals surface area contributed by atoms with E-state index >= 15 is 0 Å². The van der Waals surface area contributed by atoms with Crippen LogP contribution in [0.2, 0.25) is 0 Å². The number of benzene rings is 1. The molecule has 0 aliphatic heterocycles. The molecule has 0 unspecified atom stereocenters. The highest BCUT2D eigenvalue weighted by molar-refractivity contribution is 6.17. The van der Waals surface area contributed by atoms with E-state index in [1.165, 1.54) is 0 Å². The Bertz CT molecular complexity index is 467. The molecule has 0 bridgehead atoms. The van der Waals surface area contributed by atoms with E-state index in [0.717, 1.165) is 42.0 Å². The summed E-state index contributed by atoms with van der Waals surface area (Å²) in [5.74, 6) is 2.25. The molecule has 16 heavy (non-hydrogen) atoms. The zero-order valence-electron chi connectivity index (χ0n) is 9.20. The van der Waals surface area contributed by atoms with Crippen LogP contribution in [-0.2, 0) is 6.42 Å². The lowest BCUT2D eigenvalue weighted by Crippen LogP contribution is -1.85. The quantitative estimate of drug-likeness (QED) is 0.593. The van der Waals surface area contributed by atoms with Gasteiger partial charge in [0.1, 0.15) is 11.3 Å². The van der Waals surface area contributed by atoms with E-state index in [9.17, 15) is 0 Å². The van der Waals surface area contributed by atoms with Crippen molar-refractivity contribution in [1.82, 2.24) is 4.98 Å². The van der Waals surface area contributed by atoms with Gasteiger partial charge in [-0.3, -0.25) is 0 Å². The standard InChI is InChI=1S/C12H14ClNO2/c1-15-9-5-6-10-11(8-9)16-12(14-10)4-2-3-7-13/h5-6,8H,2-4,7H2,1H3. The first-order chi connectivity index (χ1) is 7.83. The summed E-state index contributed by atoms with van der Waals surface area (Å²) in [5.41, 5.74) is 1.65. The highest BCUT2D eigenvalue weighted by atomic mass is 35.5. The second kappa shape index (κ2) is 5.21. The van der Waals surface area contributed by atoms with Crippen LogP contribution in [0.4, 0.5) is 0 Å². The lowest BCUT2D eigenvalue weighted by molar-refractivity contribution is 0.414. The molecule has 0 spiro atoms. The number of hydrogen-bond acceptors (Lipinski definition) is 3. The Hall–Kier alpha value is -1.22. The van der Waals surface area contributed by atoms with Gasteiger partial charge in [-0.2, -0.15) is 0 Å². The molecule has 0 atom stereocenters. The summed E-state index contributed by atoms with van der Waals surface area (Å²) in [6.07, 6.45) is 2.83. The highest BCUT2D eigenvalue weighted by Gasteiger charge is 2.06. The fourth-order valence-corrected chi connectivity index (χ4v) is 1.75. The Morgan fingerprint density at radius 2 is 2.25 bits per heavy atom. The van der Waals surface area contributed by atoms with Gasteiger partial charge in [-0.25, -0.2) is 4.98 Å². The molecule has 0 fully saturated rings. The zero-order chi connectivity index (χ0) is 11.4. The van der Waals surface area contributed by atoms with Crippen LogP contribution in [0.3, 0.4) is 0 Å². The lowest BCUT2D eigenvalue weighted by Gasteiger charge is -1.95. The Balaban J connectivity index is 2.16. The number of oxazole rings is 1. The van der Waals surface area contributed by atoms with E-state index in [1.807, 2.05) is 18.2 Å². The van der Waals surface area contributed by atoms with Crippen LogP contribution in [0.5, 0.6) is 5.75 Å². The van der Waals surface area contributed by atoms with Crippen LogP contribution in [0.1, 0.15) is 18.7 Å². The minimum Gasteiger partial charge on any atom is -0.497 e. The van der Waals surface area contributed by atoms with Gasteiger partial charge >= 0.3 is 0 Å². The second-order valence-corrected chi connectivity index (χ2v) is 3.97. The Morgan fingerprint density at radius 3 is 3.00 bits per heavy atom. The van der Waals surface area contributed by atoms with E-state index in [1.54, 1.807) is 7.11 Å². The molecule has 0 aliphatic rings. The Labute approximate surface area is 99.4 Å². The first-order valence-electron chi connectivity index (χ1n) is 5.33. The molecule has 2 aromatic rings. The van der Waals surface area contributed by atoms with Gasteiger partial charge in [-0.15, -0.1) is 11.6 Å². The topological polar surface area (TPSA) is 35.3 Å². The number of ether oxygens (including phenoxy) is 1. The van der Waals surface area contributed by atoms with Crippen molar-refractivity contribution in [3.63, 3.8) is 0 Å². The predicted molar refractivity (Wildman–Crippen MR) is 64.2 cm³/mol. The number of nitrogens with zero attached hydrogens (tertiary/aromatic N) is 1. The monoisotopic (exact) mass is 239 g/mol. The van der Waals surface area contributed by atoms with Crippen LogP contribution in [0.25, 0.3) is 11.1 Å². The molecule has 4 heteroatoms. The summed E-state index contributed by atoms with van der Waals surface area (Å²) in [5, 5.41) is 0. The SMILES string of the molecule is COc1ccc2nc(CCCCCl)oc2c1. The van der Waals surface area contributed by atoms with Gasteiger partial charge in [-0.1, -0.05) is 0 Å². The lowest BCUT2D eigenvalue weighted by atomic mass is 10.2. The molecule has 86 valence electrons. The van der Waals surface area contributed by atoms with Gasteiger partial charge in [0, 0.05) is 18.4 Å². The van der Waals surface area contributed by atoms with Gasteiger partial charge in [0.15, 0.2) is 11.5 Å². The van der Waals surface area contributed by atoms with E-state index in [2.05, 4.69) is 4.98 Å². The summed E-state index contributed by atoms with van der Waals surface area (Å²) in [6, 6.07) is 5.64. The van der Waals surface area contributed by atoms with E-state index in [-0.39, 0.29) is 0 Å². The number of aromatic nitrogens is 1. The Morgan fingerprint density at radius 1 is 1.38 bits per heavy atom. The normalized spacial score (nSPS) is 10.9. The van der Waals surface area contributed by atoms with E-state index in [4.69, 9.17) is 20.8 Å². The van der Waals surface area contributed by atoms with E-state index < -0.39 is 0 Å². The first kappa shape index (κ1) is 11.3. The molecule has 0 saturated carbocycles. The Kier molecular flexibility index (Phi) is 3.67. The van der Waals surface area contributed by atoms with Crippen LogP contribution in [0, 0.1) is 0 Å². The van der Waals surface area contributed by atoms with Gasteiger partial charge < -0.3 is 9.15 Å². The summed E-state index contributed by atoms with van der Waals surface area (Å²) in [4.78, 5) is 4.39. The number of aryl methyl sites for hydroxylation is 1. The minimum atomic E-state index is 0.689. The number of alkyl halides is 1. The maximum atomic E-state index is 5.62. The molecular weight excluding hydrogens is 226 g/mol. The molecule has 1 heterocycles. The van der Waals surface area contributed by atoms with Crippen LogP contribution in [0.15, 0.2) is 22.6 Å². The van der Waals surface area contributed by atoms with Crippen molar-refractivity contribution < 1.29 is 9.15 Å². The van der Waals surface area contributed by atoms with E-state index in [0.29, 0.717) is 5.88 Å². The average Bonchev–Trinajstić information content (AvgIpc) is 2.70. The summed E-state index contributed by atoms with van der Waals surface area (Å²) >= 11 is 5.62. The van der Waals surface area contributed by atoms with Crippen LogP contribution >= 0.6 is 11.6 Å². The van der Waals surface area contributed by atoms with Crippen molar-refractivity contribution in [3.8, 4) is 5.75 Å². The van der Waals surface area contributed by atoms with Gasteiger partial charge in [0.2, 0.25) is 0 Å². The van der Waals surface area contributed by atoms with Crippen molar-refractivity contribution >= 4 is 22.7 Å². The van der Waals surface area contributed by atoms with Crippen molar-refractivity contribution in [2.75, 3.05) is 13.0 Å². The fraction of sp³-hybridized carbons (Fsp3) is 0.417. The summed E-state index contributed by atoms with van der Waals surface area (Å²) in [7, 11) is 1.64. The molecule has 0 amide bonds. The molecule has 0 radical (unpaired) electrons. The third-order valence-electron chi connectivity index (χ3n) is 2.41. The second-order valence-electron chi connectivity index (χ2n) is 3.59. The zero-order valence-corrected chi connectivity index (χ0v) is 9.96. The molecule has 1 aromatic carbocycles. The minimum absolute atomic E-state index is 0.689. The number of halogens is 1. The number of unbranched alkanes of at least 4 members (excludes halogenated alkanes) is 1. The highest BCUT2D eigenvalue weighted by Crippen LogP contribution is 2.22. The molecule has 3 nitrogen and oxygen atoms in total. The largest absolute Gasteiger partial charge is 0.497 e. The summed E-state index contributed by atoms with van der Waals surface area (Å²) in [6.45, 7) is 0. The molecular formula is C12H14ClNO2. The van der Waals surface area contributed by atoms with Crippen LogP contribution < -0.4 is 4.74 Å². The summed E-state index contributed by atoms with van der Waals surface area (Å²) < 4.78 is 10.7. The van der Waals surface area contributed by atoms with Gasteiger partial charge in [0.05, 0.1) is 7.11 Å². The third-order valence-corrected chi connectivity index (χ3v) is 2.68. The first-order valence-corrected chi connectivity index (χ1v) is 5.86. The van der Waals surface area contributed by atoms with Crippen LogP contribution in [-0.4, -0.2) is 18.0 Å². The maximum absolute atomic E-state index is 5.62. The molecule has 2 rings (SSSR count). The molecule has 0 aliphatic carbocycles. The number of hydrogen-bond donors (Lipinski definition) is 0. The molecule has 0 saturated heterocycles. The van der Waals surface area contributed by atoms with Gasteiger partial charge in [-0.05, 0) is 25.0 Å². The van der Waals surface area contributed by atoms with Crippen molar-refractivity contribution in [2.45, 2.75) is 19.3 Å². The van der Waals surface area contributed by atoms with Crippen molar-refractivity contribution in [2.24, 2.45) is 0 Å². The van der Waals surface area contributed by atoms with Crippen molar-refractivity contribution in [1.29, 1.82) is 0 Å². The van der Waals surface area contributed by atoms with Crippen molar-refractivity contribution in [3.05, 3.63) is 24.1 Å².